The summed E-state index contributed by atoms with van der Waals surface area (Å²) in [6, 6.07) is 14.3. The second-order valence-electron chi connectivity index (χ2n) is 9.29. The number of rotatable bonds is 4. The number of esters is 2. The molecule has 0 saturated carbocycles. The van der Waals surface area contributed by atoms with E-state index in [0.29, 0.717) is 5.69 Å². The zero-order valence-corrected chi connectivity index (χ0v) is 19.8. The van der Waals surface area contributed by atoms with Crippen molar-refractivity contribution in [1.82, 2.24) is 15.2 Å². The summed E-state index contributed by atoms with van der Waals surface area (Å²) in [5.74, 6) is -1.22. The van der Waals surface area contributed by atoms with Crippen molar-refractivity contribution in [2.75, 3.05) is 7.11 Å². The molecule has 0 saturated heterocycles. The van der Waals surface area contributed by atoms with Gasteiger partial charge in [0.2, 0.25) is 0 Å². The highest BCUT2D eigenvalue weighted by atomic mass is 16.6. The van der Waals surface area contributed by atoms with Crippen molar-refractivity contribution < 1.29 is 23.9 Å². The van der Waals surface area contributed by atoms with Gasteiger partial charge in [-0.25, -0.2) is 14.4 Å². The molecule has 2 heterocycles. The zero-order chi connectivity index (χ0) is 24.5. The molecule has 3 aromatic rings. The van der Waals surface area contributed by atoms with Crippen LogP contribution in [0, 0.1) is 0 Å². The molecule has 1 aromatic heterocycles. The van der Waals surface area contributed by atoms with Gasteiger partial charge in [-0.3, -0.25) is 4.90 Å². The van der Waals surface area contributed by atoms with Gasteiger partial charge in [0, 0.05) is 23.9 Å². The number of para-hydroxylation sites is 1. The summed E-state index contributed by atoms with van der Waals surface area (Å²) in [7, 11) is 1.27. The lowest BCUT2D eigenvalue weighted by molar-refractivity contribution is -0.163. The second kappa shape index (κ2) is 9.21. The molecule has 0 spiro atoms. The van der Waals surface area contributed by atoms with Gasteiger partial charge in [-0.15, -0.1) is 0 Å². The highest BCUT2D eigenvalue weighted by molar-refractivity contribution is 5.94. The van der Waals surface area contributed by atoms with E-state index in [2.05, 4.69) is 10.3 Å². The van der Waals surface area contributed by atoms with E-state index in [4.69, 9.17) is 9.47 Å². The number of hydrogen-bond donors (Lipinski definition) is 2. The van der Waals surface area contributed by atoms with Crippen molar-refractivity contribution >= 4 is 28.9 Å². The number of fused-ring (bicyclic) bond motifs is 3. The lowest BCUT2D eigenvalue weighted by atomic mass is 9.91. The Bertz CT molecular complexity index is 1210. The van der Waals surface area contributed by atoms with Crippen LogP contribution in [0.25, 0.3) is 10.9 Å². The number of ether oxygens (including phenoxy) is 2. The van der Waals surface area contributed by atoms with Crippen molar-refractivity contribution in [1.29, 1.82) is 0 Å². The number of aromatic nitrogens is 1. The van der Waals surface area contributed by atoms with Crippen LogP contribution in [0.15, 0.2) is 54.6 Å². The van der Waals surface area contributed by atoms with Crippen LogP contribution in [0.3, 0.4) is 0 Å². The summed E-state index contributed by atoms with van der Waals surface area (Å²) >= 11 is 0. The van der Waals surface area contributed by atoms with Crippen molar-refractivity contribution in [3.8, 4) is 0 Å². The van der Waals surface area contributed by atoms with Crippen LogP contribution in [0.2, 0.25) is 0 Å². The lowest BCUT2D eigenvalue weighted by Gasteiger charge is -2.40. The van der Waals surface area contributed by atoms with Crippen molar-refractivity contribution in [2.24, 2.45) is 0 Å². The zero-order valence-electron chi connectivity index (χ0n) is 19.8. The lowest BCUT2D eigenvalue weighted by Crippen LogP contribution is -2.57. The van der Waals surface area contributed by atoms with Crippen LogP contribution in [-0.4, -0.2) is 46.6 Å². The standard InChI is InChI=1S/C26H29N3O5/c1-26(2,3)34-23(30)20-14-18-17-12-8-9-13-19(17)28-21(18)22(24(31)33-4)29(20)25(32)27-15-16-10-6-5-7-11-16/h5-13,20,22,28H,14-15H2,1-4H3,(H,27,32)/t20-,22-/m0/s1. The Morgan fingerprint density at radius 2 is 1.71 bits per heavy atom. The third-order valence-corrected chi connectivity index (χ3v) is 5.76. The molecule has 0 aliphatic carbocycles. The van der Waals surface area contributed by atoms with Crippen molar-refractivity contribution in [2.45, 2.75) is 51.4 Å². The molecule has 8 heteroatoms. The van der Waals surface area contributed by atoms with E-state index >= 15 is 0 Å². The smallest absolute Gasteiger partial charge is 0.334 e. The van der Waals surface area contributed by atoms with Gasteiger partial charge in [-0.05, 0) is 38.0 Å². The molecule has 2 atom stereocenters. The minimum Gasteiger partial charge on any atom is -0.467 e. The van der Waals surface area contributed by atoms with E-state index in [9.17, 15) is 14.4 Å². The first-order valence-electron chi connectivity index (χ1n) is 11.2. The molecule has 8 nitrogen and oxygen atoms in total. The minimum atomic E-state index is -1.13. The first-order valence-corrected chi connectivity index (χ1v) is 11.2. The van der Waals surface area contributed by atoms with Crippen molar-refractivity contribution in [3.63, 3.8) is 0 Å². The third kappa shape index (κ3) is 4.62. The summed E-state index contributed by atoms with van der Waals surface area (Å²) in [6.07, 6.45) is 0.209. The molecular weight excluding hydrogens is 434 g/mol. The van der Waals surface area contributed by atoms with Crippen LogP contribution < -0.4 is 5.32 Å². The molecule has 2 amide bonds. The predicted octanol–water partition coefficient (Wildman–Crippen LogP) is 3.86. The molecule has 0 fully saturated rings. The molecule has 1 aliphatic heterocycles. The number of H-pyrrole nitrogens is 1. The number of hydrogen-bond acceptors (Lipinski definition) is 5. The Kier molecular flexibility index (Phi) is 6.32. The van der Waals surface area contributed by atoms with Gasteiger partial charge in [-0.1, -0.05) is 48.5 Å². The normalized spacial score (nSPS) is 17.7. The largest absolute Gasteiger partial charge is 0.467 e. The molecular formula is C26H29N3O5. The first kappa shape index (κ1) is 23.4. The molecule has 2 aromatic carbocycles. The number of urea groups is 1. The molecule has 0 unspecified atom stereocenters. The van der Waals surface area contributed by atoms with Gasteiger partial charge in [0.05, 0.1) is 12.8 Å². The number of amides is 2. The molecule has 34 heavy (non-hydrogen) atoms. The number of nitrogens with one attached hydrogen (secondary N) is 2. The van der Waals surface area contributed by atoms with Crippen LogP contribution >= 0.6 is 0 Å². The number of nitrogens with zero attached hydrogens (tertiary/aromatic N) is 1. The fourth-order valence-corrected chi connectivity index (χ4v) is 4.32. The van der Waals surface area contributed by atoms with Crippen LogP contribution in [0.4, 0.5) is 4.79 Å². The maximum absolute atomic E-state index is 13.5. The number of carbonyl (C=O) groups is 3. The molecule has 0 radical (unpaired) electrons. The topological polar surface area (TPSA) is 101 Å². The van der Waals surface area contributed by atoms with E-state index in [1.54, 1.807) is 20.8 Å². The fraction of sp³-hybridized carbons (Fsp3) is 0.346. The highest BCUT2D eigenvalue weighted by Gasteiger charge is 2.48. The number of aromatic amines is 1. The van der Waals surface area contributed by atoms with Crippen LogP contribution in [0.1, 0.15) is 43.6 Å². The highest BCUT2D eigenvalue weighted by Crippen LogP contribution is 2.38. The second-order valence-corrected chi connectivity index (χ2v) is 9.29. The van der Waals surface area contributed by atoms with E-state index in [1.807, 2.05) is 54.6 Å². The van der Waals surface area contributed by atoms with E-state index in [-0.39, 0.29) is 13.0 Å². The summed E-state index contributed by atoms with van der Waals surface area (Å²) in [5, 5.41) is 3.74. The van der Waals surface area contributed by atoms with Gasteiger partial charge in [-0.2, -0.15) is 0 Å². The monoisotopic (exact) mass is 463 g/mol. The van der Waals surface area contributed by atoms with Gasteiger partial charge >= 0.3 is 18.0 Å². The number of carbonyl (C=O) groups excluding carboxylic acids is 3. The SMILES string of the molecule is COC(=O)[C@@H]1c2[nH]c3ccccc3c2C[C@@H](C(=O)OC(C)(C)C)N1C(=O)NCc1ccccc1. The minimum absolute atomic E-state index is 0.209. The summed E-state index contributed by atoms with van der Waals surface area (Å²) in [4.78, 5) is 44.4. The fourth-order valence-electron chi connectivity index (χ4n) is 4.32. The Morgan fingerprint density at radius 3 is 2.38 bits per heavy atom. The average molecular weight is 464 g/mol. The van der Waals surface area contributed by atoms with Crippen LogP contribution in [0.5, 0.6) is 0 Å². The molecule has 2 N–H and O–H groups in total. The van der Waals surface area contributed by atoms with Crippen molar-refractivity contribution in [3.05, 3.63) is 71.4 Å². The molecule has 178 valence electrons. The van der Waals surface area contributed by atoms with Gasteiger partial charge < -0.3 is 19.8 Å². The molecule has 4 rings (SSSR count). The number of methoxy groups -OCH3 is 1. The average Bonchev–Trinajstić information content (AvgIpc) is 3.18. The first-order chi connectivity index (χ1) is 16.2. The molecule has 0 bridgehead atoms. The van der Waals surface area contributed by atoms with Crippen LogP contribution in [-0.2, 0) is 32.0 Å². The molecule has 1 aliphatic rings. The van der Waals surface area contributed by atoms with Gasteiger partial charge in [0.25, 0.3) is 0 Å². The maximum Gasteiger partial charge on any atom is 0.334 e. The van der Waals surface area contributed by atoms with Gasteiger partial charge in [0.15, 0.2) is 6.04 Å². The summed E-state index contributed by atoms with van der Waals surface area (Å²) in [6.45, 7) is 5.54. The Labute approximate surface area is 198 Å². The maximum atomic E-state index is 13.5. The summed E-state index contributed by atoms with van der Waals surface area (Å²) in [5.41, 5.74) is 2.29. The van der Waals surface area contributed by atoms with E-state index < -0.39 is 35.7 Å². The predicted molar refractivity (Wildman–Crippen MR) is 127 cm³/mol. The Balaban J connectivity index is 1.77. The van der Waals surface area contributed by atoms with E-state index in [1.165, 1.54) is 12.0 Å². The summed E-state index contributed by atoms with van der Waals surface area (Å²) < 4.78 is 10.7. The third-order valence-electron chi connectivity index (χ3n) is 5.76. The number of benzene rings is 2. The Hall–Kier alpha value is -3.81. The quantitative estimate of drug-likeness (QED) is 0.572. The Morgan fingerprint density at radius 1 is 1.03 bits per heavy atom. The van der Waals surface area contributed by atoms with Gasteiger partial charge in [0.1, 0.15) is 11.6 Å². The van der Waals surface area contributed by atoms with E-state index in [0.717, 1.165) is 22.0 Å².